The van der Waals surface area contributed by atoms with Crippen LogP contribution in [0.25, 0.3) is 0 Å². The number of aromatic nitrogens is 2. The van der Waals surface area contributed by atoms with Crippen molar-refractivity contribution in [1.82, 2.24) is 14.5 Å². The summed E-state index contributed by atoms with van der Waals surface area (Å²) in [7, 11) is -3.69. The van der Waals surface area contributed by atoms with Crippen LogP contribution in [0.5, 0.6) is 0 Å². The molecule has 0 fully saturated rings. The molecule has 2 aromatic rings. The third-order valence-electron chi connectivity index (χ3n) is 2.75. The fraction of sp³-hybridized carbons (Fsp3) is 0.333. The van der Waals surface area contributed by atoms with E-state index in [9.17, 15) is 13.2 Å². The van der Waals surface area contributed by atoms with E-state index in [1.54, 1.807) is 17.8 Å². The zero-order valence-corrected chi connectivity index (χ0v) is 13.2. The van der Waals surface area contributed by atoms with Crippen LogP contribution in [-0.4, -0.2) is 35.8 Å². The third kappa shape index (κ3) is 3.69. The molecular weight excluding hydrogens is 314 g/mol. The number of carboxylic acids is 1. The molecule has 0 bridgehead atoms. The van der Waals surface area contributed by atoms with Crippen molar-refractivity contribution in [1.29, 1.82) is 0 Å². The molecule has 0 aliphatic rings. The smallest absolute Gasteiger partial charge is 0.346 e. The molecular formula is C12H15N3O4S2. The first-order valence-corrected chi connectivity index (χ1v) is 8.42. The largest absolute Gasteiger partial charge is 0.477 e. The van der Waals surface area contributed by atoms with Gasteiger partial charge in [-0.15, -0.1) is 11.3 Å². The molecule has 0 aliphatic carbocycles. The van der Waals surface area contributed by atoms with Gasteiger partial charge in [0.25, 0.3) is 0 Å². The Labute approximate surface area is 126 Å². The molecule has 114 valence electrons. The van der Waals surface area contributed by atoms with Crippen molar-refractivity contribution in [3.63, 3.8) is 0 Å². The molecule has 0 saturated carbocycles. The quantitative estimate of drug-likeness (QED) is 0.830. The normalized spacial score (nSPS) is 11.7. The van der Waals surface area contributed by atoms with Crippen molar-refractivity contribution in [2.45, 2.75) is 24.6 Å². The SMILES string of the molecule is Cc1cnn(CCNS(=O)(=O)c2cc(C)c(C(=O)O)s2)c1. The summed E-state index contributed by atoms with van der Waals surface area (Å²) < 4.78 is 28.3. The van der Waals surface area contributed by atoms with E-state index in [2.05, 4.69) is 9.82 Å². The molecule has 7 nitrogen and oxygen atoms in total. The number of nitrogens with one attached hydrogen (secondary N) is 1. The van der Waals surface area contributed by atoms with Crippen LogP contribution in [0.1, 0.15) is 20.8 Å². The van der Waals surface area contributed by atoms with Crippen LogP contribution in [0.3, 0.4) is 0 Å². The second kappa shape index (κ2) is 5.96. The highest BCUT2D eigenvalue weighted by molar-refractivity contribution is 7.91. The fourth-order valence-corrected chi connectivity index (χ4v) is 4.20. The lowest BCUT2D eigenvalue weighted by Gasteiger charge is -2.04. The van der Waals surface area contributed by atoms with Gasteiger partial charge >= 0.3 is 5.97 Å². The minimum Gasteiger partial charge on any atom is -0.477 e. The van der Waals surface area contributed by atoms with Crippen LogP contribution in [0.2, 0.25) is 0 Å². The lowest BCUT2D eigenvalue weighted by molar-refractivity contribution is 0.0701. The summed E-state index contributed by atoms with van der Waals surface area (Å²) in [5.74, 6) is -1.12. The molecule has 21 heavy (non-hydrogen) atoms. The number of carbonyl (C=O) groups is 1. The number of nitrogens with zero attached hydrogens (tertiary/aromatic N) is 2. The lowest BCUT2D eigenvalue weighted by atomic mass is 10.3. The molecule has 0 atom stereocenters. The first-order valence-electron chi connectivity index (χ1n) is 6.12. The molecule has 0 aromatic carbocycles. The Morgan fingerprint density at radius 3 is 2.71 bits per heavy atom. The molecule has 2 heterocycles. The molecule has 0 unspecified atom stereocenters. The Morgan fingerprint density at radius 1 is 1.48 bits per heavy atom. The fourth-order valence-electron chi connectivity index (χ4n) is 1.75. The van der Waals surface area contributed by atoms with Crippen LogP contribution >= 0.6 is 11.3 Å². The maximum atomic E-state index is 12.1. The monoisotopic (exact) mass is 329 g/mol. The Balaban J connectivity index is 2.04. The van der Waals surface area contributed by atoms with Gasteiger partial charge in [-0.2, -0.15) is 5.10 Å². The van der Waals surface area contributed by atoms with Crippen molar-refractivity contribution in [2.75, 3.05) is 6.54 Å². The van der Waals surface area contributed by atoms with E-state index in [0.29, 0.717) is 12.1 Å². The van der Waals surface area contributed by atoms with Crippen LogP contribution < -0.4 is 4.72 Å². The molecule has 2 N–H and O–H groups in total. The van der Waals surface area contributed by atoms with Crippen molar-refractivity contribution < 1.29 is 18.3 Å². The van der Waals surface area contributed by atoms with Gasteiger partial charge in [-0.25, -0.2) is 17.9 Å². The Bertz CT molecular complexity index is 761. The van der Waals surface area contributed by atoms with E-state index in [-0.39, 0.29) is 15.6 Å². The number of rotatable bonds is 6. The average Bonchev–Trinajstić information content (AvgIpc) is 2.96. The molecule has 0 saturated heterocycles. The molecule has 0 amide bonds. The van der Waals surface area contributed by atoms with Gasteiger partial charge in [0.2, 0.25) is 10.0 Å². The molecule has 0 radical (unpaired) electrons. The zero-order chi connectivity index (χ0) is 15.6. The zero-order valence-electron chi connectivity index (χ0n) is 11.5. The van der Waals surface area contributed by atoms with E-state index >= 15 is 0 Å². The highest BCUT2D eigenvalue weighted by atomic mass is 32.2. The first-order chi connectivity index (χ1) is 9.79. The summed E-state index contributed by atoms with van der Waals surface area (Å²) in [6.45, 7) is 4.06. The number of aryl methyl sites for hydroxylation is 2. The summed E-state index contributed by atoms with van der Waals surface area (Å²) in [4.78, 5) is 11.0. The topological polar surface area (TPSA) is 101 Å². The van der Waals surface area contributed by atoms with Gasteiger partial charge in [-0.3, -0.25) is 4.68 Å². The summed E-state index contributed by atoms with van der Waals surface area (Å²) in [6, 6.07) is 1.37. The van der Waals surface area contributed by atoms with Crippen molar-refractivity contribution in [3.8, 4) is 0 Å². The second-order valence-corrected chi connectivity index (χ2v) is 7.61. The van der Waals surface area contributed by atoms with E-state index in [0.717, 1.165) is 16.9 Å². The Hall–Kier alpha value is -1.71. The highest BCUT2D eigenvalue weighted by Gasteiger charge is 2.21. The summed E-state index contributed by atoms with van der Waals surface area (Å²) in [5, 5.41) is 13.0. The minimum absolute atomic E-state index is 0.00838. The van der Waals surface area contributed by atoms with Crippen LogP contribution in [0.15, 0.2) is 22.7 Å². The predicted molar refractivity (Wildman–Crippen MR) is 78.2 cm³/mol. The lowest BCUT2D eigenvalue weighted by Crippen LogP contribution is -2.27. The summed E-state index contributed by atoms with van der Waals surface area (Å²) in [5.41, 5.74) is 1.44. The Morgan fingerprint density at radius 2 is 2.19 bits per heavy atom. The molecule has 2 rings (SSSR count). The number of hydrogen-bond donors (Lipinski definition) is 2. The van der Waals surface area contributed by atoms with Crippen molar-refractivity contribution in [2.24, 2.45) is 0 Å². The average molecular weight is 329 g/mol. The van der Waals surface area contributed by atoms with Gasteiger partial charge in [-0.1, -0.05) is 0 Å². The number of hydrogen-bond acceptors (Lipinski definition) is 5. The second-order valence-electron chi connectivity index (χ2n) is 4.56. The van der Waals surface area contributed by atoms with Gasteiger partial charge < -0.3 is 5.11 Å². The van der Waals surface area contributed by atoms with E-state index in [1.807, 2.05) is 13.1 Å². The summed E-state index contributed by atoms with van der Waals surface area (Å²) in [6.07, 6.45) is 3.50. The minimum atomic E-state index is -3.69. The maximum absolute atomic E-state index is 12.1. The molecule has 0 spiro atoms. The van der Waals surface area contributed by atoms with E-state index < -0.39 is 16.0 Å². The maximum Gasteiger partial charge on any atom is 0.346 e. The van der Waals surface area contributed by atoms with Crippen LogP contribution in [0, 0.1) is 13.8 Å². The van der Waals surface area contributed by atoms with E-state index in [1.165, 1.54) is 6.07 Å². The first kappa shape index (κ1) is 15.7. The molecule has 9 heteroatoms. The van der Waals surface area contributed by atoms with Gasteiger partial charge in [0.05, 0.1) is 12.7 Å². The molecule has 2 aromatic heterocycles. The van der Waals surface area contributed by atoms with Crippen LogP contribution in [-0.2, 0) is 16.6 Å². The van der Waals surface area contributed by atoms with Crippen LogP contribution in [0.4, 0.5) is 0 Å². The highest BCUT2D eigenvalue weighted by Crippen LogP contribution is 2.25. The van der Waals surface area contributed by atoms with Gasteiger partial charge in [-0.05, 0) is 31.0 Å². The predicted octanol–water partition coefficient (Wildman–Crippen LogP) is 1.24. The van der Waals surface area contributed by atoms with E-state index in [4.69, 9.17) is 5.11 Å². The number of carboxylic acid groups (broad SMARTS) is 1. The van der Waals surface area contributed by atoms with Gasteiger partial charge in [0, 0.05) is 12.7 Å². The van der Waals surface area contributed by atoms with Gasteiger partial charge in [0.1, 0.15) is 9.09 Å². The Kier molecular flexibility index (Phi) is 4.45. The molecule has 0 aliphatic heterocycles. The van der Waals surface area contributed by atoms with Crippen molar-refractivity contribution >= 4 is 27.3 Å². The summed E-state index contributed by atoms with van der Waals surface area (Å²) >= 11 is 0.752. The van der Waals surface area contributed by atoms with Crippen molar-refractivity contribution in [3.05, 3.63) is 34.5 Å². The third-order valence-corrected chi connectivity index (χ3v) is 5.91. The standard InChI is InChI=1S/C12H15N3O4S2/c1-8-6-13-15(7-8)4-3-14-21(18,19)10-5-9(2)11(20-10)12(16)17/h5-7,14H,3-4H2,1-2H3,(H,16,17). The van der Waals surface area contributed by atoms with Gasteiger partial charge in [0.15, 0.2) is 0 Å². The number of sulfonamides is 1. The number of aromatic carboxylic acids is 1. The number of thiophene rings is 1.